The molecule has 0 aliphatic carbocycles. The van der Waals surface area contributed by atoms with E-state index in [1.807, 2.05) is 12.3 Å². The van der Waals surface area contributed by atoms with Crippen molar-refractivity contribution >= 4 is 34.8 Å². The van der Waals surface area contributed by atoms with E-state index in [1.165, 1.54) is 34.4 Å². The number of hydrogen-bond donors (Lipinski definition) is 0. The van der Waals surface area contributed by atoms with Crippen molar-refractivity contribution in [3.63, 3.8) is 0 Å². The highest BCUT2D eigenvalue weighted by Crippen LogP contribution is 2.36. The minimum Gasteiger partial charge on any atom is -0.435 e. The van der Waals surface area contributed by atoms with Crippen molar-refractivity contribution in [1.29, 1.82) is 0 Å². The van der Waals surface area contributed by atoms with Crippen molar-refractivity contribution in [3.8, 4) is 0 Å². The highest BCUT2D eigenvalue weighted by molar-refractivity contribution is 7.10. The van der Waals surface area contributed by atoms with E-state index in [0.717, 1.165) is 23.9 Å². The van der Waals surface area contributed by atoms with E-state index in [-0.39, 0.29) is 5.56 Å². The maximum Gasteiger partial charge on any atom is 0.433 e. The minimum atomic E-state index is -4.65. The summed E-state index contributed by atoms with van der Waals surface area (Å²) in [4.78, 5) is 45.5. The Bertz CT molecular complexity index is 1310. The Hall–Kier alpha value is -3.99. The number of aryl methyl sites for hydroxylation is 1. The lowest BCUT2D eigenvalue weighted by molar-refractivity contribution is -0.141. The number of thiophene rings is 1. The van der Waals surface area contributed by atoms with Gasteiger partial charge in [0.1, 0.15) is 11.7 Å². The number of carbonyl (C=O) groups excluding carboxylic acids is 3. The van der Waals surface area contributed by atoms with Gasteiger partial charge in [0.25, 0.3) is 5.91 Å². The first kappa shape index (κ1) is 25.1. The molecule has 186 valence electrons. The Labute approximate surface area is 208 Å². The number of carbonyl (C=O) groups is 3. The summed E-state index contributed by atoms with van der Waals surface area (Å²) in [6.45, 7) is 1.83. The van der Waals surface area contributed by atoms with Crippen LogP contribution in [0.2, 0.25) is 0 Å². The van der Waals surface area contributed by atoms with Gasteiger partial charge in [0.2, 0.25) is 0 Å². The second kappa shape index (κ2) is 9.94. The van der Waals surface area contributed by atoms with Crippen molar-refractivity contribution in [2.24, 2.45) is 0 Å². The molecule has 1 aliphatic rings. The molecule has 0 fully saturated rings. The highest BCUT2D eigenvalue weighted by Gasteiger charge is 2.42. The molecule has 1 aliphatic heterocycles. The molecule has 36 heavy (non-hydrogen) atoms. The molecular weight excluding hydrogens is 495 g/mol. The molecule has 0 unspecified atom stereocenters. The molecule has 0 bridgehead atoms. The SMILES string of the molecule is Cc1csc([C@@H]2[C@@H](OC(=O)N(C)c3ccccc3)C(=O)C=CN2C(=O)c2ccc(C(F)(F)F)nc2)c1. The van der Waals surface area contributed by atoms with E-state index in [9.17, 15) is 27.6 Å². The number of aromatic nitrogens is 1. The fraction of sp³-hybridized carbons (Fsp3) is 0.200. The van der Waals surface area contributed by atoms with Crippen LogP contribution in [0.3, 0.4) is 0 Å². The van der Waals surface area contributed by atoms with Crippen molar-refractivity contribution in [3.05, 3.63) is 94.1 Å². The fourth-order valence-corrected chi connectivity index (χ4v) is 4.66. The van der Waals surface area contributed by atoms with Gasteiger partial charge in [0, 0.05) is 36.1 Å². The van der Waals surface area contributed by atoms with E-state index in [2.05, 4.69) is 4.98 Å². The Morgan fingerprint density at radius 2 is 1.86 bits per heavy atom. The van der Waals surface area contributed by atoms with E-state index in [4.69, 9.17) is 4.74 Å². The smallest absolute Gasteiger partial charge is 0.433 e. The molecule has 0 N–H and O–H groups in total. The predicted molar refractivity (Wildman–Crippen MR) is 126 cm³/mol. The largest absolute Gasteiger partial charge is 0.435 e. The molecule has 11 heteroatoms. The summed E-state index contributed by atoms with van der Waals surface area (Å²) in [5.41, 5.74) is 0.150. The predicted octanol–water partition coefficient (Wildman–Crippen LogP) is 5.39. The van der Waals surface area contributed by atoms with Crippen LogP contribution < -0.4 is 4.90 Å². The summed E-state index contributed by atoms with van der Waals surface area (Å²) < 4.78 is 44.3. The molecule has 0 spiro atoms. The lowest BCUT2D eigenvalue weighted by Gasteiger charge is -2.36. The zero-order valence-electron chi connectivity index (χ0n) is 19.1. The number of hydrogen-bond acceptors (Lipinski definition) is 6. The number of anilines is 1. The number of amides is 2. The summed E-state index contributed by atoms with van der Waals surface area (Å²) in [5, 5.41) is 1.81. The van der Waals surface area contributed by atoms with Crippen molar-refractivity contribution in [2.75, 3.05) is 11.9 Å². The summed E-state index contributed by atoms with van der Waals surface area (Å²) in [6.07, 6.45) is -3.66. The topological polar surface area (TPSA) is 79.8 Å². The van der Waals surface area contributed by atoms with Crippen LogP contribution in [0.4, 0.5) is 23.7 Å². The molecule has 0 radical (unpaired) electrons. The first-order chi connectivity index (χ1) is 17.1. The second-order valence-corrected chi connectivity index (χ2v) is 8.97. The lowest BCUT2D eigenvalue weighted by atomic mass is 9.98. The average molecular weight is 516 g/mol. The monoisotopic (exact) mass is 515 g/mol. The number of ether oxygens (including phenoxy) is 1. The normalized spacial score (nSPS) is 17.7. The number of ketones is 1. The fourth-order valence-electron chi connectivity index (χ4n) is 3.64. The van der Waals surface area contributed by atoms with Crippen LogP contribution in [0, 0.1) is 6.92 Å². The van der Waals surface area contributed by atoms with Crippen molar-refractivity contribution in [2.45, 2.75) is 25.2 Å². The minimum absolute atomic E-state index is 0.119. The third kappa shape index (κ3) is 5.15. The van der Waals surface area contributed by atoms with E-state index >= 15 is 0 Å². The van der Waals surface area contributed by atoms with Crippen LogP contribution in [0.1, 0.15) is 32.5 Å². The molecule has 0 saturated heterocycles. The first-order valence-corrected chi connectivity index (χ1v) is 11.6. The quantitative estimate of drug-likeness (QED) is 0.466. The van der Waals surface area contributed by atoms with E-state index < -0.39 is 41.8 Å². The molecule has 3 aromatic rings. The third-order valence-corrected chi connectivity index (χ3v) is 6.61. The van der Waals surface area contributed by atoms with Gasteiger partial charge >= 0.3 is 12.3 Å². The van der Waals surface area contributed by atoms with Gasteiger partial charge in [-0.25, -0.2) is 4.79 Å². The van der Waals surface area contributed by atoms with Gasteiger partial charge in [-0.15, -0.1) is 11.3 Å². The number of pyridine rings is 1. The second-order valence-electron chi connectivity index (χ2n) is 8.03. The van der Waals surface area contributed by atoms with E-state index in [1.54, 1.807) is 36.4 Å². The summed E-state index contributed by atoms with van der Waals surface area (Å²) >= 11 is 1.27. The molecule has 4 rings (SSSR count). The van der Waals surface area contributed by atoms with Gasteiger partial charge in [-0.1, -0.05) is 18.2 Å². The summed E-state index contributed by atoms with van der Waals surface area (Å²) in [5.74, 6) is -1.23. The number of rotatable bonds is 4. The molecule has 2 amide bonds. The third-order valence-electron chi connectivity index (χ3n) is 5.49. The molecule has 2 aromatic heterocycles. The molecule has 3 heterocycles. The van der Waals surface area contributed by atoms with E-state index in [0.29, 0.717) is 16.6 Å². The van der Waals surface area contributed by atoms with Crippen molar-refractivity contribution < 1.29 is 32.3 Å². The molecule has 0 saturated carbocycles. The standard InChI is InChI=1S/C25H20F3N3O4S/c1-15-12-19(36-14-15)21-22(35-24(34)30(2)17-6-4-3-5-7-17)18(32)10-11-31(21)23(33)16-8-9-20(29-13-16)25(26,27)28/h3-14,21-22H,1-2H3/t21-,22+/m1/s1. The highest BCUT2D eigenvalue weighted by atomic mass is 32.1. The summed E-state index contributed by atoms with van der Waals surface area (Å²) in [7, 11) is 1.49. The van der Waals surface area contributed by atoms with Crippen LogP contribution in [-0.2, 0) is 15.7 Å². The Morgan fingerprint density at radius 3 is 2.44 bits per heavy atom. The van der Waals surface area contributed by atoms with Gasteiger partial charge < -0.3 is 9.64 Å². The van der Waals surface area contributed by atoms with Gasteiger partial charge in [0.05, 0.1) is 5.56 Å². The van der Waals surface area contributed by atoms with Crippen LogP contribution >= 0.6 is 11.3 Å². The van der Waals surface area contributed by atoms with Crippen molar-refractivity contribution in [1.82, 2.24) is 9.88 Å². The zero-order chi connectivity index (χ0) is 26.0. The molecule has 7 nitrogen and oxygen atoms in total. The maximum absolute atomic E-state index is 13.3. The van der Waals surface area contributed by atoms with Gasteiger partial charge in [-0.2, -0.15) is 13.2 Å². The van der Waals surface area contributed by atoms with Gasteiger partial charge in [-0.3, -0.25) is 19.5 Å². The summed E-state index contributed by atoms with van der Waals surface area (Å²) in [6, 6.07) is 11.1. The zero-order valence-corrected chi connectivity index (χ0v) is 19.9. The number of alkyl halides is 3. The van der Waals surface area contributed by atoms with Crippen LogP contribution in [0.5, 0.6) is 0 Å². The molecule has 1 aromatic carbocycles. The number of halogens is 3. The Morgan fingerprint density at radius 1 is 1.14 bits per heavy atom. The molecular formula is C25H20F3N3O4S. The average Bonchev–Trinajstić information content (AvgIpc) is 3.30. The maximum atomic E-state index is 13.3. The number of para-hydroxylation sites is 1. The van der Waals surface area contributed by atoms with Crippen LogP contribution in [0.25, 0.3) is 0 Å². The first-order valence-electron chi connectivity index (χ1n) is 10.7. The van der Waals surface area contributed by atoms with Gasteiger partial charge in [0.15, 0.2) is 11.9 Å². The Balaban J connectivity index is 1.67. The lowest BCUT2D eigenvalue weighted by Crippen LogP contribution is -2.47. The van der Waals surface area contributed by atoms with Crippen LogP contribution in [-0.4, -0.2) is 40.8 Å². The Kier molecular flexibility index (Phi) is 6.93. The number of nitrogens with zero attached hydrogens (tertiary/aromatic N) is 3. The van der Waals surface area contributed by atoms with Crippen LogP contribution in [0.15, 0.2) is 72.4 Å². The number of benzene rings is 1. The molecule has 2 atom stereocenters. The van der Waals surface area contributed by atoms with Gasteiger partial charge in [-0.05, 0) is 48.2 Å².